The van der Waals surface area contributed by atoms with Crippen molar-refractivity contribution in [1.29, 1.82) is 0 Å². The summed E-state index contributed by atoms with van der Waals surface area (Å²) in [5.41, 5.74) is 1.08. The van der Waals surface area contributed by atoms with Crippen LogP contribution in [0, 0.1) is 18.8 Å². The number of rotatable bonds is 3. The maximum Gasteiger partial charge on any atom is 0.208 e. The van der Waals surface area contributed by atoms with Crippen LogP contribution >= 0.6 is 11.6 Å². The van der Waals surface area contributed by atoms with Crippen molar-refractivity contribution in [2.75, 3.05) is 0 Å². The van der Waals surface area contributed by atoms with Crippen molar-refractivity contribution >= 4 is 22.8 Å². The van der Waals surface area contributed by atoms with Crippen molar-refractivity contribution in [3.05, 3.63) is 28.9 Å². The predicted molar refractivity (Wildman–Crippen MR) is 85.5 cm³/mol. The molecule has 0 aliphatic heterocycles. The van der Waals surface area contributed by atoms with E-state index < -0.39 is 0 Å². The second-order valence-corrected chi connectivity index (χ2v) is 5.29. The van der Waals surface area contributed by atoms with Gasteiger partial charge >= 0.3 is 0 Å². The van der Waals surface area contributed by atoms with Crippen LogP contribution in [-0.4, -0.2) is 19.9 Å². The molecule has 0 radical (unpaired) electrons. The van der Waals surface area contributed by atoms with E-state index in [1.807, 2.05) is 19.1 Å². The van der Waals surface area contributed by atoms with E-state index in [9.17, 15) is 0 Å². The van der Waals surface area contributed by atoms with E-state index in [4.69, 9.17) is 16.0 Å². The van der Waals surface area contributed by atoms with Crippen LogP contribution in [0.3, 0.4) is 0 Å². The molecule has 0 aromatic carbocycles. The first-order valence-corrected chi connectivity index (χ1v) is 7.54. The summed E-state index contributed by atoms with van der Waals surface area (Å²) in [6, 6.07) is 3.72. The van der Waals surface area contributed by atoms with Crippen LogP contribution < -0.4 is 0 Å². The van der Waals surface area contributed by atoms with Crippen molar-refractivity contribution < 1.29 is 4.42 Å². The molecule has 0 spiro atoms. The molecular formula is C16H15ClN4O. The van der Waals surface area contributed by atoms with Gasteiger partial charge in [0.2, 0.25) is 5.82 Å². The number of hydrogen-bond donors (Lipinski definition) is 1. The molecule has 1 N–H and O–H groups in total. The summed E-state index contributed by atoms with van der Waals surface area (Å²) in [5, 5.41) is 0.288. The highest BCUT2D eigenvalue weighted by Crippen LogP contribution is 2.24. The number of aromatic amines is 1. The monoisotopic (exact) mass is 314 g/mol. The molecule has 0 saturated heterocycles. The number of imidazole rings is 1. The molecule has 3 rings (SSSR count). The lowest BCUT2D eigenvalue weighted by Gasteiger charge is -1.92. The normalized spacial score (nSPS) is 10.7. The maximum absolute atomic E-state index is 6.18. The summed E-state index contributed by atoms with van der Waals surface area (Å²) in [5.74, 6) is 8.42. The number of fused-ring (bicyclic) bond motifs is 1. The molecule has 0 aliphatic rings. The highest BCUT2D eigenvalue weighted by molar-refractivity contribution is 6.33. The molecule has 3 aromatic rings. The van der Waals surface area contributed by atoms with Gasteiger partial charge in [-0.15, -0.1) is 0 Å². The van der Waals surface area contributed by atoms with E-state index in [1.165, 1.54) is 0 Å². The SMILES string of the molecule is CCCCC#Cc1nc(Cl)c2nc(-c3ccc(C)o3)[nH]c2n1. The molecule has 0 atom stereocenters. The number of hydrogen-bond acceptors (Lipinski definition) is 4. The average molecular weight is 315 g/mol. The van der Waals surface area contributed by atoms with Crippen molar-refractivity contribution in [1.82, 2.24) is 19.9 Å². The Labute approximate surface area is 133 Å². The number of furan rings is 1. The quantitative estimate of drug-likeness (QED) is 0.448. The van der Waals surface area contributed by atoms with Crippen LogP contribution in [0.2, 0.25) is 5.15 Å². The first-order valence-electron chi connectivity index (χ1n) is 7.16. The molecular weight excluding hydrogens is 300 g/mol. The molecule has 3 heterocycles. The predicted octanol–water partition coefficient (Wildman–Crippen LogP) is 4.12. The molecule has 5 nitrogen and oxygen atoms in total. The third-order valence-corrected chi connectivity index (χ3v) is 3.39. The second-order valence-electron chi connectivity index (χ2n) is 4.94. The van der Waals surface area contributed by atoms with Crippen LogP contribution in [0.4, 0.5) is 0 Å². The lowest BCUT2D eigenvalue weighted by molar-refractivity contribution is 0.545. The Balaban J connectivity index is 1.97. The zero-order valence-electron chi connectivity index (χ0n) is 12.4. The summed E-state index contributed by atoms with van der Waals surface area (Å²) in [7, 11) is 0. The van der Waals surface area contributed by atoms with Crippen LogP contribution in [0.15, 0.2) is 16.5 Å². The highest BCUT2D eigenvalue weighted by Gasteiger charge is 2.13. The van der Waals surface area contributed by atoms with E-state index in [2.05, 4.69) is 38.7 Å². The number of nitrogens with one attached hydrogen (secondary N) is 1. The van der Waals surface area contributed by atoms with Crippen LogP contribution in [0.25, 0.3) is 22.7 Å². The van der Waals surface area contributed by atoms with Gasteiger partial charge in [-0.05, 0) is 31.4 Å². The Hall–Kier alpha value is -2.32. The minimum atomic E-state index is 0.288. The lowest BCUT2D eigenvalue weighted by Crippen LogP contribution is -1.91. The van der Waals surface area contributed by atoms with Gasteiger partial charge in [0.25, 0.3) is 0 Å². The van der Waals surface area contributed by atoms with Crippen molar-refractivity contribution in [3.8, 4) is 23.4 Å². The van der Waals surface area contributed by atoms with Crippen LogP contribution in [0.5, 0.6) is 0 Å². The summed E-state index contributed by atoms with van der Waals surface area (Å²) in [6.45, 7) is 4.01. The van der Waals surface area contributed by atoms with Crippen LogP contribution in [0.1, 0.15) is 37.8 Å². The van der Waals surface area contributed by atoms with Gasteiger partial charge in [-0.25, -0.2) is 15.0 Å². The average Bonchev–Trinajstić information content (AvgIpc) is 3.10. The summed E-state index contributed by atoms with van der Waals surface area (Å²) >= 11 is 6.18. The zero-order chi connectivity index (χ0) is 15.5. The molecule has 112 valence electrons. The van der Waals surface area contributed by atoms with E-state index in [0.29, 0.717) is 28.6 Å². The summed E-state index contributed by atoms with van der Waals surface area (Å²) in [4.78, 5) is 16.0. The van der Waals surface area contributed by atoms with E-state index in [-0.39, 0.29) is 5.15 Å². The number of halogens is 1. The first-order chi connectivity index (χ1) is 10.7. The Morgan fingerprint density at radius 3 is 2.86 bits per heavy atom. The molecule has 0 saturated carbocycles. The fraction of sp³-hybridized carbons (Fsp3) is 0.312. The highest BCUT2D eigenvalue weighted by atomic mass is 35.5. The smallest absolute Gasteiger partial charge is 0.208 e. The van der Waals surface area contributed by atoms with Gasteiger partial charge in [0.15, 0.2) is 22.4 Å². The minimum Gasteiger partial charge on any atom is -0.458 e. The van der Waals surface area contributed by atoms with Gasteiger partial charge < -0.3 is 9.40 Å². The third kappa shape index (κ3) is 2.97. The molecule has 3 aromatic heterocycles. The molecule has 0 bridgehead atoms. The number of H-pyrrole nitrogens is 1. The zero-order valence-corrected chi connectivity index (χ0v) is 13.2. The van der Waals surface area contributed by atoms with Crippen molar-refractivity contribution in [2.24, 2.45) is 0 Å². The maximum atomic E-state index is 6.18. The Bertz CT molecular complexity index is 869. The molecule has 0 amide bonds. The Kier molecular flexibility index (Phi) is 4.12. The third-order valence-electron chi connectivity index (χ3n) is 3.13. The largest absolute Gasteiger partial charge is 0.458 e. The van der Waals surface area contributed by atoms with Crippen LogP contribution in [-0.2, 0) is 0 Å². The van der Waals surface area contributed by atoms with E-state index in [0.717, 1.165) is 25.0 Å². The second kappa shape index (κ2) is 6.20. The van der Waals surface area contributed by atoms with E-state index >= 15 is 0 Å². The standard InChI is InChI=1S/C16H15ClN4O/c1-3-4-5-6-7-12-18-14(17)13-16(19-12)21-15(20-13)11-9-8-10(2)22-11/h8-9H,3-5H2,1-2H3,(H,18,19,20,21). The Morgan fingerprint density at radius 2 is 2.14 bits per heavy atom. The first kappa shape index (κ1) is 14.6. The number of unbranched alkanes of at least 4 members (excludes halogenated alkanes) is 2. The number of nitrogens with zero attached hydrogens (tertiary/aromatic N) is 3. The minimum absolute atomic E-state index is 0.288. The van der Waals surface area contributed by atoms with Gasteiger partial charge in [0.05, 0.1) is 0 Å². The Morgan fingerprint density at radius 1 is 1.27 bits per heavy atom. The van der Waals surface area contributed by atoms with Gasteiger partial charge in [0, 0.05) is 6.42 Å². The van der Waals surface area contributed by atoms with Gasteiger partial charge in [-0.2, -0.15) is 0 Å². The van der Waals surface area contributed by atoms with Crippen molar-refractivity contribution in [2.45, 2.75) is 33.1 Å². The van der Waals surface area contributed by atoms with Gasteiger partial charge in [-0.1, -0.05) is 30.9 Å². The molecule has 0 aliphatic carbocycles. The fourth-order valence-corrected chi connectivity index (χ4v) is 2.22. The number of aryl methyl sites for hydroxylation is 1. The van der Waals surface area contributed by atoms with E-state index in [1.54, 1.807) is 0 Å². The molecule has 22 heavy (non-hydrogen) atoms. The molecule has 0 unspecified atom stereocenters. The summed E-state index contributed by atoms with van der Waals surface area (Å²) < 4.78 is 5.55. The molecule has 0 fully saturated rings. The number of aromatic nitrogens is 4. The van der Waals surface area contributed by atoms with Crippen molar-refractivity contribution in [3.63, 3.8) is 0 Å². The topological polar surface area (TPSA) is 67.6 Å². The van der Waals surface area contributed by atoms with Gasteiger partial charge in [0.1, 0.15) is 11.3 Å². The summed E-state index contributed by atoms with van der Waals surface area (Å²) in [6.07, 6.45) is 3.01. The lowest BCUT2D eigenvalue weighted by atomic mass is 10.2. The molecule has 6 heteroatoms. The fourth-order valence-electron chi connectivity index (χ4n) is 2.01. The van der Waals surface area contributed by atoms with Gasteiger partial charge in [-0.3, -0.25) is 0 Å².